The van der Waals surface area contributed by atoms with Crippen molar-refractivity contribution in [1.29, 1.82) is 0 Å². The predicted octanol–water partition coefficient (Wildman–Crippen LogP) is 4.75. The minimum Gasteiger partial charge on any atom is -0.319 e. The van der Waals surface area contributed by atoms with Crippen molar-refractivity contribution in [3.63, 3.8) is 0 Å². The SMILES string of the molecule is Cc1nn(C(C)C)c(C)c1NC(=O)c1cc(Br)ccc1Cl. The molecule has 0 aliphatic rings. The number of aryl methyl sites for hydroxylation is 1. The van der Waals surface area contributed by atoms with Crippen LogP contribution in [0.3, 0.4) is 0 Å². The molecular formula is C15H17BrClN3O. The fourth-order valence-electron chi connectivity index (χ4n) is 2.20. The summed E-state index contributed by atoms with van der Waals surface area (Å²) >= 11 is 9.44. The number of hydrogen-bond acceptors (Lipinski definition) is 2. The molecule has 2 aromatic rings. The topological polar surface area (TPSA) is 46.9 Å². The molecule has 0 saturated heterocycles. The molecule has 1 aromatic carbocycles. The second kappa shape index (κ2) is 6.20. The molecule has 1 N–H and O–H groups in total. The molecule has 1 amide bonds. The zero-order chi connectivity index (χ0) is 15.7. The fraction of sp³-hybridized carbons (Fsp3) is 0.333. The number of amides is 1. The Morgan fingerprint density at radius 1 is 1.38 bits per heavy atom. The van der Waals surface area contributed by atoms with Crippen LogP contribution >= 0.6 is 27.5 Å². The fourth-order valence-corrected chi connectivity index (χ4v) is 2.76. The zero-order valence-corrected chi connectivity index (χ0v) is 14.7. The van der Waals surface area contributed by atoms with Gasteiger partial charge in [-0.25, -0.2) is 0 Å². The lowest BCUT2D eigenvalue weighted by Gasteiger charge is -2.10. The highest BCUT2D eigenvalue weighted by Crippen LogP contribution is 2.26. The molecule has 2 rings (SSSR count). The van der Waals surface area contributed by atoms with Crippen molar-refractivity contribution < 1.29 is 4.79 Å². The maximum Gasteiger partial charge on any atom is 0.257 e. The van der Waals surface area contributed by atoms with Gasteiger partial charge in [0.1, 0.15) is 0 Å². The minimum absolute atomic E-state index is 0.240. The van der Waals surface area contributed by atoms with Crippen LogP contribution in [0.5, 0.6) is 0 Å². The van der Waals surface area contributed by atoms with Gasteiger partial charge in [0.2, 0.25) is 0 Å². The lowest BCUT2D eigenvalue weighted by molar-refractivity contribution is 0.102. The largest absolute Gasteiger partial charge is 0.319 e. The van der Waals surface area contributed by atoms with Crippen molar-refractivity contribution in [1.82, 2.24) is 9.78 Å². The molecular weight excluding hydrogens is 354 g/mol. The van der Waals surface area contributed by atoms with Gasteiger partial charge in [-0.05, 0) is 45.9 Å². The number of benzene rings is 1. The van der Waals surface area contributed by atoms with Gasteiger partial charge in [-0.3, -0.25) is 9.48 Å². The summed E-state index contributed by atoms with van der Waals surface area (Å²) in [4.78, 5) is 12.4. The van der Waals surface area contributed by atoms with Gasteiger partial charge in [-0.2, -0.15) is 5.10 Å². The Bertz CT molecular complexity index is 694. The van der Waals surface area contributed by atoms with Gasteiger partial charge >= 0.3 is 0 Å². The molecule has 1 heterocycles. The van der Waals surface area contributed by atoms with E-state index in [0.29, 0.717) is 10.6 Å². The highest BCUT2D eigenvalue weighted by Gasteiger charge is 2.18. The number of rotatable bonds is 3. The third kappa shape index (κ3) is 3.30. The molecule has 4 nitrogen and oxygen atoms in total. The maximum absolute atomic E-state index is 12.4. The number of hydrogen-bond donors (Lipinski definition) is 1. The van der Waals surface area contributed by atoms with Gasteiger partial charge in [0, 0.05) is 10.5 Å². The van der Waals surface area contributed by atoms with E-state index in [1.807, 2.05) is 18.5 Å². The molecule has 21 heavy (non-hydrogen) atoms. The van der Waals surface area contributed by atoms with Crippen molar-refractivity contribution in [2.45, 2.75) is 33.7 Å². The second-order valence-corrected chi connectivity index (χ2v) is 6.49. The molecule has 0 unspecified atom stereocenters. The summed E-state index contributed by atoms with van der Waals surface area (Å²) in [5, 5.41) is 7.79. The molecule has 1 aromatic heterocycles. The Morgan fingerprint density at radius 3 is 2.62 bits per heavy atom. The Labute approximate surface area is 137 Å². The van der Waals surface area contributed by atoms with Gasteiger partial charge in [0.05, 0.1) is 27.7 Å². The number of nitrogens with zero attached hydrogens (tertiary/aromatic N) is 2. The number of carbonyl (C=O) groups is 1. The van der Waals surface area contributed by atoms with Crippen molar-refractivity contribution >= 4 is 39.1 Å². The van der Waals surface area contributed by atoms with E-state index >= 15 is 0 Å². The average Bonchev–Trinajstić information content (AvgIpc) is 2.69. The summed E-state index contributed by atoms with van der Waals surface area (Å²) < 4.78 is 2.70. The first kappa shape index (κ1) is 16.0. The lowest BCUT2D eigenvalue weighted by atomic mass is 10.2. The van der Waals surface area contributed by atoms with Gasteiger partial charge in [0.25, 0.3) is 5.91 Å². The predicted molar refractivity (Wildman–Crippen MR) is 89.2 cm³/mol. The summed E-state index contributed by atoms with van der Waals surface area (Å²) in [5.74, 6) is -0.240. The Balaban J connectivity index is 2.34. The number of aromatic nitrogens is 2. The van der Waals surface area contributed by atoms with Crippen molar-refractivity contribution in [3.8, 4) is 0 Å². The second-order valence-electron chi connectivity index (χ2n) is 5.16. The summed E-state index contributed by atoms with van der Waals surface area (Å²) in [5.41, 5.74) is 2.90. The normalized spacial score (nSPS) is 11.0. The van der Waals surface area contributed by atoms with Crippen molar-refractivity contribution in [2.75, 3.05) is 5.32 Å². The summed E-state index contributed by atoms with van der Waals surface area (Å²) in [6.07, 6.45) is 0. The molecule has 6 heteroatoms. The number of carbonyl (C=O) groups excluding carboxylic acids is 1. The minimum atomic E-state index is -0.240. The molecule has 0 spiro atoms. The summed E-state index contributed by atoms with van der Waals surface area (Å²) in [7, 11) is 0. The summed E-state index contributed by atoms with van der Waals surface area (Å²) in [6, 6.07) is 5.43. The van der Waals surface area contributed by atoms with Gasteiger partial charge in [0.15, 0.2) is 0 Å². The molecule has 0 radical (unpaired) electrons. The third-order valence-corrected chi connectivity index (χ3v) is 4.05. The summed E-state index contributed by atoms with van der Waals surface area (Å²) in [6.45, 7) is 7.93. The lowest BCUT2D eigenvalue weighted by Crippen LogP contribution is -2.14. The van der Waals surface area contributed by atoms with Gasteiger partial charge < -0.3 is 5.32 Å². The molecule has 0 bridgehead atoms. The van der Waals surface area contributed by atoms with E-state index in [-0.39, 0.29) is 11.9 Å². The van der Waals surface area contributed by atoms with Crippen molar-refractivity contribution in [3.05, 3.63) is 44.6 Å². The Morgan fingerprint density at radius 2 is 2.05 bits per heavy atom. The van der Waals surface area contributed by atoms with E-state index in [9.17, 15) is 4.79 Å². The molecule has 0 saturated carbocycles. The first-order valence-corrected chi connectivity index (χ1v) is 7.80. The first-order valence-electron chi connectivity index (χ1n) is 6.63. The Hall–Kier alpha value is -1.33. The van der Waals surface area contributed by atoms with Crippen LogP contribution in [0, 0.1) is 13.8 Å². The maximum atomic E-state index is 12.4. The van der Waals surface area contributed by atoms with Crippen LogP contribution in [-0.4, -0.2) is 15.7 Å². The van der Waals surface area contributed by atoms with E-state index in [2.05, 4.69) is 40.2 Å². The molecule has 0 aliphatic carbocycles. The Kier molecular flexibility index (Phi) is 4.74. The van der Waals surface area contributed by atoms with Gasteiger partial charge in [-0.15, -0.1) is 0 Å². The molecule has 0 aliphatic heterocycles. The van der Waals surface area contributed by atoms with E-state index in [1.165, 1.54) is 0 Å². The first-order chi connectivity index (χ1) is 9.81. The quantitative estimate of drug-likeness (QED) is 0.847. The molecule has 112 valence electrons. The highest BCUT2D eigenvalue weighted by molar-refractivity contribution is 9.10. The molecule has 0 atom stereocenters. The van der Waals surface area contributed by atoms with E-state index in [1.54, 1.807) is 18.2 Å². The van der Waals surface area contributed by atoms with Crippen LogP contribution in [0.2, 0.25) is 5.02 Å². The van der Waals surface area contributed by atoms with E-state index < -0.39 is 0 Å². The monoisotopic (exact) mass is 369 g/mol. The average molecular weight is 371 g/mol. The van der Waals surface area contributed by atoms with Crippen LogP contribution in [0.1, 0.15) is 41.6 Å². The standard InChI is InChI=1S/C15H17BrClN3O/c1-8(2)20-10(4)14(9(3)19-20)18-15(21)12-7-11(16)5-6-13(12)17/h5-8H,1-4H3,(H,18,21). The smallest absolute Gasteiger partial charge is 0.257 e. The molecule has 0 fully saturated rings. The van der Waals surface area contributed by atoms with Crippen LogP contribution < -0.4 is 5.32 Å². The third-order valence-electron chi connectivity index (χ3n) is 3.23. The highest BCUT2D eigenvalue weighted by atomic mass is 79.9. The van der Waals surface area contributed by atoms with Crippen LogP contribution in [-0.2, 0) is 0 Å². The van der Waals surface area contributed by atoms with E-state index in [4.69, 9.17) is 11.6 Å². The number of nitrogens with one attached hydrogen (secondary N) is 1. The van der Waals surface area contributed by atoms with Crippen LogP contribution in [0.15, 0.2) is 22.7 Å². The number of halogens is 2. The van der Waals surface area contributed by atoms with Crippen LogP contribution in [0.25, 0.3) is 0 Å². The van der Waals surface area contributed by atoms with Crippen LogP contribution in [0.4, 0.5) is 5.69 Å². The number of anilines is 1. The van der Waals surface area contributed by atoms with Crippen molar-refractivity contribution in [2.24, 2.45) is 0 Å². The van der Waals surface area contributed by atoms with E-state index in [0.717, 1.165) is 21.5 Å². The van der Waals surface area contributed by atoms with Gasteiger partial charge in [-0.1, -0.05) is 27.5 Å². The zero-order valence-electron chi connectivity index (χ0n) is 12.4.